The quantitative estimate of drug-likeness (QED) is 0.688. The monoisotopic (exact) mass is 397 g/mol. The van der Waals surface area contributed by atoms with E-state index < -0.39 is 0 Å². The number of anilines is 2. The maximum Gasteiger partial charge on any atom is 0.252 e. The van der Waals surface area contributed by atoms with E-state index in [-0.39, 0.29) is 23.7 Å². The van der Waals surface area contributed by atoms with E-state index in [4.69, 9.17) is 4.74 Å². The van der Waals surface area contributed by atoms with Crippen molar-refractivity contribution in [3.8, 4) is 11.1 Å². The van der Waals surface area contributed by atoms with Crippen LogP contribution >= 0.6 is 0 Å². The van der Waals surface area contributed by atoms with Crippen LogP contribution in [0.3, 0.4) is 0 Å². The Kier molecular flexibility index (Phi) is 5.57. The summed E-state index contributed by atoms with van der Waals surface area (Å²) in [5.41, 5.74) is 3.34. The highest BCUT2D eigenvalue weighted by atomic mass is 19.1. The number of nitrogens with one attached hydrogen (secondary N) is 2. The second kappa shape index (κ2) is 8.45. The predicted molar refractivity (Wildman–Crippen MR) is 109 cm³/mol. The van der Waals surface area contributed by atoms with Crippen LogP contribution in [0.1, 0.15) is 5.56 Å². The van der Waals surface area contributed by atoms with Gasteiger partial charge in [0.1, 0.15) is 11.6 Å². The van der Waals surface area contributed by atoms with Crippen LogP contribution in [0.15, 0.2) is 59.5 Å². The Hall–Kier alpha value is -3.19. The van der Waals surface area contributed by atoms with Gasteiger partial charge in [-0.05, 0) is 47.5 Å². The molecule has 0 amide bonds. The second-order valence-corrected chi connectivity index (χ2v) is 6.86. The van der Waals surface area contributed by atoms with Gasteiger partial charge in [-0.3, -0.25) is 4.79 Å². The summed E-state index contributed by atoms with van der Waals surface area (Å²) in [7, 11) is 0. The molecule has 0 radical (unpaired) electrons. The van der Waals surface area contributed by atoms with Crippen LogP contribution in [0, 0.1) is 11.6 Å². The Morgan fingerprint density at radius 1 is 0.966 bits per heavy atom. The Labute approximate surface area is 166 Å². The van der Waals surface area contributed by atoms with Gasteiger partial charge in [-0.2, -0.15) is 0 Å². The molecule has 2 N–H and O–H groups in total. The number of morpholine rings is 1. The molecule has 4 rings (SSSR count). The highest BCUT2D eigenvalue weighted by Crippen LogP contribution is 2.28. The van der Waals surface area contributed by atoms with Crippen molar-refractivity contribution < 1.29 is 13.5 Å². The van der Waals surface area contributed by atoms with Crippen LogP contribution in [-0.2, 0) is 11.3 Å². The van der Waals surface area contributed by atoms with Crippen molar-refractivity contribution >= 4 is 11.4 Å². The summed E-state index contributed by atoms with van der Waals surface area (Å²) in [6.45, 7) is 2.92. The van der Waals surface area contributed by atoms with E-state index in [1.165, 1.54) is 24.3 Å². The first-order valence-electron chi connectivity index (χ1n) is 9.44. The number of pyridine rings is 1. The normalized spacial score (nSPS) is 14.1. The predicted octanol–water partition coefficient (Wildman–Crippen LogP) is 3.77. The molecule has 0 saturated carbocycles. The van der Waals surface area contributed by atoms with Gasteiger partial charge in [0.2, 0.25) is 0 Å². The zero-order chi connectivity index (χ0) is 20.2. The number of aromatic amines is 1. The van der Waals surface area contributed by atoms with Crippen LogP contribution in [0.4, 0.5) is 20.2 Å². The number of benzene rings is 2. The summed E-state index contributed by atoms with van der Waals surface area (Å²) in [5.74, 6) is -0.666. The van der Waals surface area contributed by atoms with E-state index in [9.17, 15) is 13.6 Å². The average molecular weight is 397 g/mol. The Balaban J connectivity index is 1.57. The minimum Gasteiger partial charge on any atom is -0.379 e. The largest absolute Gasteiger partial charge is 0.379 e. The molecule has 3 aromatic rings. The number of nitrogens with zero attached hydrogens (tertiary/aromatic N) is 1. The summed E-state index contributed by atoms with van der Waals surface area (Å²) >= 11 is 0. The molecule has 0 aliphatic carbocycles. The summed E-state index contributed by atoms with van der Waals surface area (Å²) in [6, 6.07) is 12.4. The first-order chi connectivity index (χ1) is 14.1. The maximum atomic E-state index is 13.9. The molecule has 1 saturated heterocycles. The summed E-state index contributed by atoms with van der Waals surface area (Å²) in [6.07, 6.45) is 1.60. The number of hydrogen-bond acceptors (Lipinski definition) is 4. The van der Waals surface area contributed by atoms with Gasteiger partial charge in [0.05, 0.1) is 24.6 Å². The second-order valence-electron chi connectivity index (χ2n) is 6.86. The van der Waals surface area contributed by atoms with Gasteiger partial charge < -0.3 is 19.9 Å². The van der Waals surface area contributed by atoms with Gasteiger partial charge in [-0.1, -0.05) is 12.1 Å². The van der Waals surface area contributed by atoms with Gasteiger partial charge in [0, 0.05) is 31.4 Å². The van der Waals surface area contributed by atoms with Crippen molar-refractivity contribution in [3.05, 3.63) is 82.3 Å². The van der Waals surface area contributed by atoms with Crippen molar-refractivity contribution in [2.45, 2.75) is 6.54 Å². The Morgan fingerprint density at radius 2 is 1.69 bits per heavy atom. The van der Waals surface area contributed by atoms with Crippen LogP contribution < -0.4 is 15.8 Å². The smallest absolute Gasteiger partial charge is 0.252 e. The summed E-state index contributed by atoms with van der Waals surface area (Å²) in [5, 5.41) is 3.19. The van der Waals surface area contributed by atoms with E-state index >= 15 is 0 Å². The van der Waals surface area contributed by atoms with E-state index in [1.807, 2.05) is 0 Å². The molecule has 29 heavy (non-hydrogen) atoms. The molecule has 0 spiro atoms. The van der Waals surface area contributed by atoms with Gasteiger partial charge >= 0.3 is 0 Å². The lowest BCUT2D eigenvalue weighted by atomic mass is 10.1. The molecule has 7 heteroatoms. The minimum absolute atomic E-state index is 0.227. The third kappa shape index (κ3) is 4.46. The van der Waals surface area contributed by atoms with Crippen molar-refractivity contribution in [2.24, 2.45) is 0 Å². The van der Waals surface area contributed by atoms with Gasteiger partial charge in [-0.25, -0.2) is 8.78 Å². The van der Waals surface area contributed by atoms with Crippen LogP contribution in [0.5, 0.6) is 0 Å². The topological polar surface area (TPSA) is 57.4 Å². The molecule has 150 valence electrons. The fourth-order valence-corrected chi connectivity index (χ4v) is 3.39. The first-order valence-corrected chi connectivity index (χ1v) is 9.44. The summed E-state index contributed by atoms with van der Waals surface area (Å²) in [4.78, 5) is 17.1. The molecule has 1 fully saturated rings. The fourth-order valence-electron chi connectivity index (χ4n) is 3.39. The zero-order valence-electron chi connectivity index (χ0n) is 15.8. The molecule has 1 aromatic heterocycles. The maximum absolute atomic E-state index is 13.9. The van der Waals surface area contributed by atoms with Crippen molar-refractivity contribution in [2.75, 3.05) is 36.5 Å². The third-order valence-electron chi connectivity index (χ3n) is 4.94. The van der Waals surface area contributed by atoms with Crippen LogP contribution in [0.25, 0.3) is 11.1 Å². The van der Waals surface area contributed by atoms with Crippen LogP contribution in [0.2, 0.25) is 0 Å². The highest BCUT2D eigenvalue weighted by molar-refractivity contribution is 5.70. The molecule has 5 nitrogen and oxygen atoms in total. The van der Waals surface area contributed by atoms with Gasteiger partial charge in [0.25, 0.3) is 5.56 Å². The molecule has 0 unspecified atom stereocenters. The average Bonchev–Trinajstić information content (AvgIpc) is 2.74. The Bertz CT molecular complexity index is 1040. The van der Waals surface area contributed by atoms with Crippen molar-refractivity contribution in [3.63, 3.8) is 0 Å². The lowest BCUT2D eigenvalue weighted by molar-refractivity contribution is 0.123. The SMILES string of the molecule is O=c1[nH]cc(-c2ccc(F)cc2)cc1CNc1cc(F)ccc1N1CCOCC1. The van der Waals surface area contributed by atoms with Gasteiger partial charge in [-0.15, -0.1) is 0 Å². The van der Waals surface area contributed by atoms with E-state index in [2.05, 4.69) is 15.2 Å². The number of hydrogen-bond donors (Lipinski definition) is 2. The molecule has 0 bridgehead atoms. The van der Waals surface area contributed by atoms with E-state index in [0.29, 0.717) is 24.5 Å². The fraction of sp³-hybridized carbons (Fsp3) is 0.227. The number of ether oxygens (including phenoxy) is 1. The molecule has 0 atom stereocenters. The van der Waals surface area contributed by atoms with Gasteiger partial charge in [0.15, 0.2) is 0 Å². The Morgan fingerprint density at radius 3 is 2.45 bits per heavy atom. The summed E-state index contributed by atoms with van der Waals surface area (Å²) < 4.78 is 32.4. The van der Waals surface area contributed by atoms with E-state index in [1.54, 1.807) is 30.5 Å². The molecular formula is C22H21F2N3O2. The number of H-pyrrole nitrogens is 1. The van der Waals surface area contributed by atoms with Crippen LogP contribution in [-0.4, -0.2) is 31.3 Å². The first kappa shape index (κ1) is 19.1. The number of rotatable bonds is 5. The highest BCUT2D eigenvalue weighted by Gasteiger charge is 2.16. The number of aromatic nitrogens is 1. The lowest BCUT2D eigenvalue weighted by Crippen LogP contribution is -2.36. The van der Waals surface area contributed by atoms with Crippen molar-refractivity contribution in [1.82, 2.24) is 4.98 Å². The molecule has 1 aliphatic rings. The molecular weight excluding hydrogens is 376 g/mol. The standard InChI is InChI=1S/C22H21F2N3O2/c23-18-3-1-15(2-4-18)16-11-17(22(28)26-13-16)14-25-20-12-19(24)5-6-21(20)27-7-9-29-10-8-27/h1-6,11-13,25H,7-10,14H2,(H,26,28). The van der Waals surface area contributed by atoms with Crippen molar-refractivity contribution in [1.29, 1.82) is 0 Å². The molecule has 1 aliphatic heterocycles. The third-order valence-corrected chi connectivity index (χ3v) is 4.94. The minimum atomic E-state index is -0.349. The zero-order valence-corrected chi connectivity index (χ0v) is 15.8. The van der Waals surface area contributed by atoms with E-state index in [0.717, 1.165) is 29.9 Å². The molecule has 2 heterocycles. The number of halogens is 2. The molecule has 2 aromatic carbocycles. The lowest BCUT2D eigenvalue weighted by Gasteiger charge is -2.30.